The third-order valence-electron chi connectivity index (χ3n) is 5.49. The van der Waals surface area contributed by atoms with Gasteiger partial charge in [0.15, 0.2) is 5.96 Å². The van der Waals surface area contributed by atoms with Gasteiger partial charge in [-0.25, -0.2) is 4.79 Å². The summed E-state index contributed by atoms with van der Waals surface area (Å²) in [6.45, 7) is 10.4. The predicted molar refractivity (Wildman–Crippen MR) is 101 cm³/mol. The summed E-state index contributed by atoms with van der Waals surface area (Å²) in [5, 5.41) is 6.98. The molecule has 3 rings (SSSR count). The molecule has 1 amide bonds. The number of hydrogen-bond donors (Lipinski definition) is 2. The van der Waals surface area contributed by atoms with E-state index in [-0.39, 0.29) is 23.6 Å². The first-order valence-electron chi connectivity index (χ1n) is 9.75. The molecule has 3 aliphatic rings. The normalized spacial score (nSPS) is 30.6. The summed E-state index contributed by atoms with van der Waals surface area (Å²) in [6, 6.07) is 0.858. The molecule has 2 unspecified atom stereocenters. The second-order valence-electron chi connectivity index (χ2n) is 9.31. The molecule has 0 saturated carbocycles. The Balaban J connectivity index is 1.52. The van der Waals surface area contributed by atoms with E-state index >= 15 is 0 Å². The largest absolute Gasteiger partial charge is 0.444 e. The average molecular weight is 367 g/mol. The number of nitrogens with zero attached hydrogens (tertiary/aromatic N) is 2. The lowest BCUT2D eigenvalue weighted by atomic mass is 9.89. The zero-order chi connectivity index (χ0) is 18.9. The summed E-state index contributed by atoms with van der Waals surface area (Å²) < 4.78 is 10.9. The van der Waals surface area contributed by atoms with Gasteiger partial charge in [0.25, 0.3) is 0 Å². The van der Waals surface area contributed by atoms with Gasteiger partial charge < -0.3 is 25.0 Å². The number of amides is 1. The fourth-order valence-corrected chi connectivity index (χ4v) is 4.15. The molecule has 0 radical (unpaired) electrons. The zero-order valence-electron chi connectivity index (χ0n) is 16.8. The van der Waals surface area contributed by atoms with Gasteiger partial charge in [0, 0.05) is 37.1 Å². The van der Waals surface area contributed by atoms with E-state index in [0.29, 0.717) is 6.04 Å². The van der Waals surface area contributed by atoms with Crippen LogP contribution < -0.4 is 10.6 Å². The monoisotopic (exact) mass is 366 g/mol. The smallest absolute Gasteiger partial charge is 0.410 e. The van der Waals surface area contributed by atoms with Gasteiger partial charge in [-0.05, 0) is 46.5 Å². The molecule has 0 aromatic carbocycles. The van der Waals surface area contributed by atoms with Crippen molar-refractivity contribution in [3.63, 3.8) is 0 Å². The molecule has 2 atom stereocenters. The number of piperidine rings is 1. The van der Waals surface area contributed by atoms with E-state index < -0.39 is 5.60 Å². The lowest BCUT2D eigenvalue weighted by molar-refractivity contribution is -0.0971. The van der Waals surface area contributed by atoms with E-state index in [2.05, 4.69) is 22.5 Å². The molecule has 7 heteroatoms. The standard InChI is InChI=1S/C19H34N4O3/c1-18(2,3)26-17(24)23-14-6-7-15(23)9-13(8-14)22-16(20-5)21-10-19(4)11-25-12-19/h13-15H,6-12H2,1-5H3,(H2,20,21,22). The highest BCUT2D eigenvalue weighted by molar-refractivity contribution is 5.80. The molecule has 0 spiro atoms. The summed E-state index contributed by atoms with van der Waals surface area (Å²) >= 11 is 0. The molecule has 3 saturated heterocycles. The molecular weight excluding hydrogens is 332 g/mol. The molecular formula is C19H34N4O3. The Morgan fingerprint density at radius 3 is 2.35 bits per heavy atom. The van der Waals surface area contributed by atoms with Crippen LogP contribution in [0, 0.1) is 5.41 Å². The van der Waals surface area contributed by atoms with Crippen LogP contribution >= 0.6 is 0 Å². The average Bonchev–Trinajstić information content (AvgIpc) is 2.79. The molecule has 3 fully saturated rings. The summed E-state index contributed by atoms with van der Waals surface area (Å²) in [4.78, 5) is 18.9. The second kappa shape index (κ2) is 7.25. The molecule has 0 aliphatic carbocycles. The van der Waals surface area contributed by atoms with Gasteiger partial charge in [0.2, 0.25) is 0 Å². The van der Waals surface area contributed by atoms with E-state index in [4.69, 9.17) is 9.47 Å². The van der Waals surface area contributed by atoms with Crippen molar-refractivity contribution in [3.05, 3.63) is 0 Å². The maximum Gasteiger partial charge on any atom is 0.410 e. The number of nitrogens with one attached hydrogen (secondary N) is 2. The molecule has 3 aliphatic heterocycles. The Morgan fingerprint density at radius 2 is 1.88 bits per heavy atom. The van der Waals surface area contributed by atoms with Crippen LogP contribution in [-0.4, -0.2) is 67.5 Å². The predicted octanol–water partition coefficient (Wildman–Crippen LogP) is 2.12. The van der Waals surface area contributed by atoms with Crippen molar-refractivity contribution in [1.29, 1.82) is 0 Å². The highest BCUT2D eigenvalue weighted by atomic mass is 16.6. The van der Waals surface area contributed by atoms with Crippen molar-refractivity contribution >= 4 is 12.1 Å². The van der Waals surface area contributed by atoms with Gasteiger partial charge in [0.1, 0.15) is 5.60 Å². The first kappa shape index (κ1) is 19.3. The van der Waals surface area contributed by atoms with Crippen LogP contribution in [0.2, 0.25) is 0 Å². The van der Waals surface area contributed by atoms with Crippen LogP contribution in [0.1, 0.15) is 53.4 Å². The third-order valence-corrected chi connectivity index (χ3v) is 5.49. The molecule has 26 heavy (non-hydrogen) atoms. The lowest BCUT2D eigenvalue weighted by Crippen LogP contribution is -2.56. The van der Waals surface area contributed by atoms with Gasteiger partial charge in [-0.3, -0.25) is 4.99 Å². The molecule has 0 aromatic rings. The minimum atomic E-state index is -0.446. The number of ether oxygens (including phenoxy) is 2. The Labute approximate surface area is 156 Å². The van der Waals surface area contributed by atoms with Gasteiger partial charge in [-0.15, -0.1) is 0 Å². The Kier molecular flexibility index (Phi) is 5.37. The quantitative estimate of drug-likeness (QED) is 0.591. The van der Waals surface area contributed by atoms with E-state index in [1.165, 1.54) is 0 Å². The summed E-state index contributed by atoms with van der Waals surface area (Å²) in [6.07, 6.45) is 3.84. The minimum absolute atomic E-state index is 0.163. The van der Waals surface area contributed by atoms with E-state index in [1.54, 1.807) is 7.05 Å². The summed E-state index contributed by atoms with van der Waals surface area (Å²) in [7, 11) is 1.80. The van der Waals surface area contributed by atoms with Gasteiger partial charge in [0.05, 0.1) is 13.2 Å². The number of carbonyl (C=O) groups is 1. The topological polar surface area (TPSA) is 75.2 Å². The number of hydrogen-bond acceptors (Lipinski definition) is 4. The molecule has 3 heterocycles. The fraction of sp³-hybridized carbons (Fsp3) is 0.895. The van der Waals surface area contributed by atoms with Gasteiger partial charge in [-0.2, -0.15) is 0 Å². The lowest BCUT2D eigenvalue weighted by Gasteiger charge is -2.41. The molecule has 7 nitrogen and oxygen atoms in total. The number of guanidine groups is 1. The molecule has 2 N–H and O–H groups in total. The van der Waals surface area contributed by atoms with Crippen molar-refractivity contribution in [2.45, 2.75) is 77.1 Å². The van der Waals surface area contributed by atoms with Gasteiger partial charge >= 0.3 is 6.09 Å². The van der Waals surface area contributed by atoms with Crippen molar-refractivity contribution < 1.29 is 14.3 Å². The van der Waals surface area contributed by atoms with E-state index in [1.807, 2.05) is 25.7 Å². The van der Waals surface area contributed by atoms with E-state index in [9.17, 15) is 4.79 Å². The second-order valence-corrected chi connectivity index (χ2v) is 9.31. The van der Waals surface area contributed by atoms with Crippen molar-refractivity contribution in [3.8, 4) is 0 Å². The molecule has 148 valence electrons. The van der Waals surface area contributed by atoms with Crippen LogP contribution in [-0.2, 0) is 9.47 Å². The first-order valence-corrected chi connectivity index (χ1v) is 9.75. The SMILES string of the molecule is CN=C(NCC1(C)COC1)NC1CC2CCC(C1)N2C(=O)OC(C)(C)C. The van der Waals surface area contributed by atoms with Crippen LogP contribution in [0.4, 0.5) is 4.79 Å². The van der Waals surface area contributed by atoms with Crippen LogP contribution in [0.25, 0.3) is 0 Å². The third kappa shape index (κ3) is 4.42. The van der Waals surface area contributed by atoms with Crippen LogP contribution in [0.15, 0.2) is 4.99 Å². The number of fused-ring (bicyclic) bond motifs is 2. The Morgan fingerprint density at radius 1 is 1.27 bits per heavy atom. The van der Waals surface area contributed by atoms with Crippen LogP contribution in [0.5, 0.6) is 0 Å². The highest BCUT2D eigenvalue weighted by Crippen LogP contribution is 2.36. The molecule has 2 bridgehead atoms. The van der Waals surface area contributed by atoms with Crippen molar-refractivity contribution in [2.24, 2.45) is 10.4 Å². The zero-order valence-corrected chi connectivity index (χ0v) is 16.8. The number of carbonyl (C=O) groups excluding carboxylic acids is 1. The minimum Gasteiger partial charge on any atom is -0.444 e. The fourth-order valence-electron chi connectivity index (χ4n) is 4.15. The Bertz CT molecular complexity index is 539. The maximum absolute atomic E-state index is 12.5. The summed E-state index contributed by atoms with van der Waals surface area (Å²) in [5.41, 5.74) is -0.240. The first-order chi connectivity index (χ1) is 12.2. The Hall–Kier alpha value is -1.50. The summed E-state index contributed by atoms with van der Waals surface area (Å²) in [5.74, 6) is 0.841. The van der Waals surface area contributed by atoms with Gasteiger partial charge in [-0.1, -0.05) is 6.92 Å². The van der Waals surface area contributed by atoms with Crippen molar-refractivity contribution in [2.75, 3.05) is 26.8 Å². The number of aliphatic imine (C=N–C) groups is 1. The van der Waals surface area contributed by atoms with E-state index in [0.717, 1.165) is 51.4 Å². The highest BCUT2D eigenvalue weighted by Gasteiger charge is 2.45. The molecule has 0 aromatic heterocycles. The maximum atomic E-state index is 12.5. The van der Waals surface area contributed by atoms with Crippen molar-refractivity contribution in [1.82, 2.24) is 15.5 Å². The number of rotatable bonds is 3. The van der Waals surface area contributed by atoms with Crippen LogP contribution in [0.3, 0.4) is 0 Å².